The molecule has 0 saturated carbocycles. The maximum atomic E-state index is 12.0. The maximum Gasteiger partial charge on any atom is 0.244 e. The third-order valence-electron chi connectivity index (χ3n) is 4.98. The number of carbonyl (C=O) groups is 1. The standard InChI is InChI=1S/C26H36N2O4/c1-3-5-6-7-8-9-10-17-32-24-16-13-22(18-25(24)31-4-2)20-27-28-26(30)19-21-11-14-23(29)15-12-21/h11-16,18,20,29H,3-10,17,19H2,1-2H3,(H,28,30)/b27-20-. The van der Waals surface area contributed by atoms with Gasteiger partial charge in [0.1, 0.15) is 5.75 Å². The van der Waals surface area contributed by atoms with E-state index in [1.54, 1.807) is 30.5 Å². The van der Waals surface area contributed by atoms with Crippen LogP contribution in [0.3, 0.4) is 0 Å². The molecule has 0 saturated heterocycles. The number of rotatable bonds is 15. The van der Waals surface area contributed by atoms with Crippen LogP contribution in [0.5, 0.6) is 17.2 Å². The van der Waals surface area contributed by atoms with Crippen molar-refractivity contribution in [1.82, 2.24) is 5.43 Å². The Morgan fingerprint density at radius 1 is 0.938 bits per heavy atom. The van der Waals surface area contributed by atoms with Gasteiger partial charge in [-0.15, -0.1) is 0 Å². The summed E-state index contributed by atoms with van der Waals surface area (Å²) in [4.78, 5) is 12.0. The van der Waals surface area contributed by atoms with E-state index in [1.807, 2.05) is 25.1 Å². The summed E-state index contributed by atoms with van der Waals surface area (Å²) in [7, 11) is 0. The zero-order chi connectivity index (χ0) is 23.0. The lowest BCUT2D eigenvalue weighted by Crippen LogP contribution is -2.19. The van der Waals surface area contributed by atoms with E-state index in [2.05, 4.69) is 17.5 Å². The molecule has 6 nitrogen and oxygen atoms in total. The number of hydrazone groups is 1. The predicted molar refractivity (Wildman–Crippen MR) is 129 cm³/mol. The van der Waals surface area contributed by atoms with Crippen LogP contribution in [0.1, 0.15) is 69.9 Å². The fraction of sp³-hybridized carbons (Fsp3) is 0.462. The van der Waals surface area contributed by atoms with Crippen LogP contribution in [0.2, 0.25) is 0 Å². The van der Waals surface area contributed by atoms with Crippen molar-refractivity contribution in [1.29, 1.82) is 0 Å². The van der Waals surface area contributed by atoms with Crippen molar-refractivity contribution < 1.29 is 19.4 Å². The Balaban J connectivity index is 1.80. The van der Waals surface area contributed by atoms with Gasteiger partial charge in [0.05, 0.1) is 25.8 Å². The SMILES string of the molecule is CCCCCCCCCOc1ccc(/C=N\NC(=O)Cc2ccc(O)cc2)cc1OCC. The Kier molecular flexibility index (Phi) is 11.7. The summed E-state index contributed by atoms with van der Waals surface area (Å²) in [6.45, 7) is 5.38. The summed E-state index contributed by atoms with van der Waals surface area (Å²) >= 11 is 0. The van der Waals surface area contributed by atoms with Gasteiger partial charge in [0.2, 0.25) is 5.91 Å². The van der Waals surface area contributed by atoms with E-state index in [9.17, 15) is 9.90 Å². The number of hydrogen-bond acceptors (Lipinski definition) is 5. The number of nitrogens with one attached hydrogen (secondary N) is 1. The topological polar surface area (TPSA) is 80.2 Å². The molecule has 0 bridgehead atoms. The highest BCUT2D eigenvalue weighted by Gasteiger charge is 2.07. The second-order valence-corrected chi connectivity index (χ2v) is 7.75. The minimum atomic E-state index is -0.230. The van der Waals surface area contributed by atoms with Crippen molar-refractivity contribution in [2.24, 2.45) is 5.10 Å². The van der Waals surface area contributed by atoms with Gasteiger partial charge in [0, 0.05) is 0 Å². The van der Waals surface area contributed by atoms with Crippen LogP contribution in [0.25, 0.3) is 0 Å². The summed E-state index contributed by atoms with van der Waals surface area (Å²) in [6.07, 6.45) is 10.5. The monoisotopic (exact) mass is 440 g/mol. The van der Waals surface area contributed by atoms with Gasteiger partial charge >= 0.3 is 0 Å². The summed E-state index contributed by atoms with van der Waals surface area (Å²) in [5.41, 5.74) is 4.13. The average Bonchev–Trinajstić information content (AvgIpc) is 2.78. The molecule has 0 fully saturated rings. The number of hydrogen-bond donors (Lipinski definition) is 2. The molecule has 0 aromatic heterocycles. The molecule has 0 heterocycles. The van der Waals surface area contributed by atoms with Crippen LogP contribution >= 0.6 is 0 Å². The van der Waals surface area contributed by atoms with E-state index in [0.717, 1.165) is 23.3 Å². The molecule has 6 heteroatoms. The molecule has 2 aromatic carbocycles. The number of carbonyl (C=O) groups excluding carboxylic acids is 1. The molecule has 2 N–H and O–H groups in total. The van der Waals surface area contributed by atoms with Crippen LogP contribution in [0, 0.1) is 0 Å². The molecule has 32 heavy (non-hydrogen) atoms. The molecule has 0 unspecified atom stereocenters. The number of amides is 1. The third-order valence-corrected chi connectivity index (χ3v) is 4.98. The lowest BCUT2D eigenvalue weighted by Gasteiger charge is -2.12. The van der Waals surface area contributed by atoms with Gasteiger partial charge in [-0.3, -0.25) is 4.79 Å². The molecule has 0 aliphatic heterocycles. The van der Waals surface area contributed by atoms with E-state index in [4.69, 9.17) is 9.47 Å². The Bertz CT molecular complexity index is 834. The summed E-state index contributed by atoms with van der Waals surface area (Å²) in [5.74, 6) is 1.35. The first-order chi connectivity index (χ1) is 15.6. The Morgan fingerprint density at radius 3 is 2.38 bits per heavy atom. The zero-order valence-electron chi connectivity index (χ0n) is 19.3. The van der Waals surface area contributed by atoms with E-state index in [-0.39, 0.29) is 18.1 Å². The molecule has 0 atom stereocenters. The van der Waals surface area contributed by atoms with Crippen molar-refractivity contribution in [3.63, 3.8) is 0 Å². The van der Waals surface area contributed by atoms with Gasteiger partial charge in [-0.25, -0.2) is 5.43 Å². The first-order valence-corrected chi connectivity index (χ1v) is 11.6. The van der Waals surface area contributed by atoms with Crippen LogP contribution in [-0.2, 0) is 11.2 Å². The highest BCUT2D eigenvalue weighted by atomic mass is 16.5. The van der Waals surface area contributed by atoms with Crippen LogP contribution in [0.15, 0.2) is 47.6 Å². The molecule has 174 valence electrons. The van der Waals surface area contributed by atoms with Crippen molar-refractivity contribution in [3.8, 4) is 17.2 Å². The van der Waals surface area contributed by atoms with E-state index >= 15 is 0 Å². The number of benzene rings is 2. The number of unbranched alkanes of at least 4 members (excludes halogenated alkanes) is 6. The number of aromatic hydroxyl groups is 1. The van der Waals surface area contributed by atoms with Crippen molar-refractivity contribution in [3.05, 3.63) is 53.6 Å². The van der Waals surface area contributed by atoms with Gasteiger partial charge in [0.25, 0.3) is 0 Å². The van der Waals surface area contributed by atoms with Crippen LogP contribution < -0.4 is 14.9 Å². The molecule has 0 aliphatic carbocycles. The van der Waals surface area contributed by atoms with E-state index in [0.29, 0.717) is 19.0 Å². The van der Waals surface area contributed by atoms with Crippen molar-refractivity contribution >= 4 is 12.1 Å². The third kappa shape index (κ3) is 9.86. The van der Waals surface area contributed by atoms with E-state index in [1.165, 1.54) is 38.5 Å². The Hall–Kier alpha value is -3.02. The van der Waals surface area contributed by atoms with Gasteiger partial charge in [-0.05, 0) is 54.8 Å². The normalized spacial score (nSPS) is 10.9. The van der Waals surface area contributed by atoms with E-state index < -0.39 is 0 Å². The first kappa shape index (κ1) is 25.2. The zero-order valence-corrected chi connectivity index (χ0v) is 19.3. The summed E-state index contributed by atoms with van der Waals surface area (Å²) in [6, 6.07) is 12.1. The molecule has 1 amide bonds. The van der Waals surface area contributed by atoms with Gasteiger partial charge in [-0.1, -0.05) is 57.6 Å². The van der Waals surface area contributed by atoms with Gasteiger partial charge < -0.3 is 14.6 Å². The Morgan fingerprint density at radius 2 is 1.66 bits per heavy atom. The smallest absolute Gasteiger partial charge is 0.244 e. The average molecular weight is 441 g/mol. The second-order valence-electron chi connectivity index (χ2n) is 7.75. The summed E-state index contributed by atoms with van der Waals surface area (Å²) in [5, 5.41) is 13.3. The molecular weight excluding hydrogens is 404 g/mol. The number of ether oxygens (including phenoxy) is 2. The summed E-state index contributed by atoms with van der Waals surface area (Å²) < 4.78 is 11.7. The molecule has 0 aliphatic rings. The van der Waals surface area contributed by atoms with Crippen LogP contribution in [-0.4, -0.2) is 30.4 Å². The minimum Gasteiger partial charge on any atom is -0.508 e. The van der Waals surface area contributed by atoms with Gasteiger partial charge in [-0.2, -0.15) is 5.10 Å². The van der Waals surface area contributed by atoms with Crippen molar-refractivity contribution in [2.45, 2.75) is 65.2 Å². The van der Waals surface area contributed by atoms with Gasteiger partial charge in [0.15, 0.2) is 11.5 Å². The number of nitrogens with zero attached hydrogens (tertiary/aromatic N) is 1. The maximum absolute atomic E-state index is 12.0. The molecule has 0 spiro atoms. The number of phenolic OH excluding ortho intramolecular Hbond substituents is 1. The highest BCUT2D eigenvalue weighted by Crippen LogP contribution is 2.28. The highest BCUT2D eigenvalue weighted by molar-refractivity contribution is 5.84. The molecule has 0 radical (unpaired) electrons. The van der Waals surface area contributed by atoms with Crippen molar-refractivity contribution in [2.75, 3.05) is 13.2 Å². The van der Waals surface area contributed by atoms with Crippen LogP contribution in [0.4, 0.5) is 0 Å². The quantitative estimate of drug-likeness (QED) is 0.214. The molecular formula is C26H36N2O4. The minimum absolute atomic E-state index is 0.173. The second kappa shape index (κ2) is 14.9. The predicted octanol–water partition coefficient (Wildman–Crippen LogP) is 5.61. The molecule has 2 rings (SSSR count). The molecule has 2 aromatic rings. The fourth-order valence-corrected chi connectivity index (χ4v) is 3.25. The Labute approximate surface area is 191 Å². The fourth-order valence-electron chi connectivity index (χ4n) is 3.25. The first-order valence-electron chi connectivity index (χ1n) is 11.6. The largest absolute Gasteiger partial charge is 0.508 e. The lowest BCUT2D eigenvalue weighted by molar-refractivity contribution is -0.120. The number of phenols is 1. The lowest BCUT2D eigenvalue weighted by atomic mass is 10.1.